The van der Waals surface area contributed by atoms with Crippen LogP contribution in [0.2, 0.25) is 0 Å². The monoisotopic (exact) mass is 386 g/mol. The van der Waals surface area contributed by atoms with Crippen molar-refractivity contribution in [3.63, 3.8) is 0 Å². The summed E-state index contributed by atoms with van der Waals surface area (Å²) in [6.07, 6.45) is 1.64. The fourth-order valence-corrected chi connectivity index (χ4v) is 3.10. The Morgan fingerprint density at radius 3 is 2.79 bits per heavy atom. The maximum Gasteiger partial charge on any atom is 0.227 e. The number of aryl methyl sites for hydroxylation is 2. The van der Waals surface area contributed by atoms with Crippen LogP contribution in [0.3, 0.4) is 0 Å². The molecule has 0 bridgehead atoms. The minimum atomic E-state index is 0.0845. The van der Waals surface area contributed by atoms with Crippen molar-refractivity contribution in [2.75, 3.05) is 6.61 Å². The van der Waals surface area contributed by atoms with Gasteiger partial charge in [-0.3, -0.25) is 4.99 Å². The SMILES string of the molecule is CCOc1cccc(C=Nc2cc(-c3nc4cc(C)ccc4o3)ccc2C)c1O. The highest BCUT2D eigenvalue weighted by Gasteiger charge is 2.11. The molecule has 3 aromatic carbocycles. The van der Waals surface area contributed by atoms with Crippen molar-refractivity contribution in [3.05, 3.63) is 71.3 Å². The van der Waals surface area contributed by atoms with Crippen LogP contribution < -0.4 is 4.74 Å². The van der Waals surface area contributed by atoms with Crippen LogP contribution in [0.15, 0.2) is 64.0 Å². The van der Waals surface area contributed by atoms with Crippen LogP contribution in [0.4, 0.5) is 5.69 Å². The standard InChI is InChI=1S/C24H22N2O3/c1-4-28-22-7-5-6-18(23(22)27)14-25-19-13-17(10-9-16(19)3)24-26-20-12-15(2)8-11-21(20)29-24/h5-14,27H,4H2,1-3H3. The highest BCUT2D eigenvalue weighted by Crippen LogP contribution is 2.31. The molecule has 29 heavy (non-hydrogen) atoms. The molecule has 0 aliphatic rings. The number of nitrogens with zero attached hydrogens (tertiary/aromatic N) is 2. The fraction of sp³-hybridized carbons (Fsp3) is 0.167. The number of rotatable bonds is 5. The quantitative estimate of drug-likeness (QED) is 0.429. The van der Waals surface area contributed by atoms with Crippen LogP contribution in [0.1, 0.15) is 23.6 Å². The minimum absolute atomic E-state index is 0.0845. The molecular formula is C24H22N2O3. The van der Waals surface area contributed by atoms with Gasteiger partial charge in [-0.2, -0.15) is 0 Å². The Morgan fingerprint density at radius 2 is 1.97 bits per heavy atom. The second-order valence-electron chi connectivity index (χ2n) is 6.88. The van der Waals surface area contributed by atoms with E-state index in [1.165, 1.54) is 0 Å². The van der Waals surface area contributed by atoms with Gasteiger partial charge in [0.2, 0.25) is 5.89 Å². The first-order valence-corrected chi connectivity index (χ1v) is 9.52. The fourth-order valence-electron chi connectivity index (χ4n) is 3.10. The van der Waals surface area contributed by atoms with Gasteiger partial charge in [0.25, 0.3) is 0 Å². The Morgan fingerprint density at radius 1 is 1.10 bits per heavy atom. The molecule has 5 nitrogen and oxygen atoms in total. The summed E-state index contributed by atoms with van der Waals surface area (Å²) in [4.78, 5) is 9.19. The van der Waals surface area contributed by atoms with E-state index in [-0.39, 0.29) is 5.75 Å². The molecule has 0 spiro atoms. The second kappa shape index (κ2) is 7.80. The van der Waals surface area contributed by atoms with Crippen LogP contribution in [0.25, 0.3) is 22.6 Å². The number of para-hydroxylation sites is 1. The van der Waals surface area contributed by atoms with Gasteiger partial charge in [-0.1, -0.05) is 18.2 Å². The molecule has 0 saturated carbocycles. The predicted molar refractivity (Wildman–Crippen MR) is 115 cm³/mol. The van der Waals surface area contributed by atoms with Gasteiger partial charge in [-0.15, -0.1) is 0 Å². The number of fused-ring (bicyclic) bond motifs is 1. The predicted octanol–water partition coefficient (Wildman–Crippen LogP) is 5.97. The van der Waals surface area contributed by atoms with E-state index in [1.807, 2.05) is 63.2 Å². The van der Waals surface area contributed by atoms with Gasteiger partial charge >= 0.3 is 0 Å². The lowest BCUT2D eigenvalue weighted by atomic mass is 10.1. The van der Waals surface area contributed by atoms with Crippen molar-refractivity contribution >= 4 is 23.0 Å². The summed E-state index contributed by atoms with van der Waals surface area (Å²) in [6.45, 7) is 6.38. The minimum Gasteiger partial charge on any atom is -0.504 e. The summed E-state index contributed by atoms with van der Waals surface area (Å²) in [6, 6.07) is 17.2. The van der Waals surface area contributed by atoms with Crippen LogP contribution in [0.5, 0.6) is 11.5 Å². The van der Waals surface area contributed by atoms with E-state index in [0.717, 1.165) is 33.5 Å². The van der Waals surface area contributed by atoms with Gasteiger partial charge in [0.05, 0.1) is 12.3 Å². The van der Waals surface area contributed by atoms with Crippen molar-refractivity contribution in [2.24, 2.45) is 4.99 Å². The summed E-state index contributed by atoms with van der Waals surface area (Å²) >= 11 is 0. The zero-order chi connectivity index (χ0) is 20.4. The van der Waals surface area contributed by atoms with Gasteiger partial charge in [0.1, 0.15) is 5.52 Å². The molecular weight excluding hydrogens is 364 g/mol. The van der Waals surface area contributed by atoms with Crippen molar-refractivity contribution in [3.8, 4) is 23.0 Å². The van der Waals surface area contributed by atoms with E-state index in [9.17, 15) is 5.11 Å². The number of ether oxygens (including phenoxy) is 1. The van der Waals surface area contributed by atoms with Gasteiger partial charge in [0.15, 0.2) is 17.1 Å². The Bertz CT molecular complexity index is 1210. The average Bonchev–Trinajstić information content (AvgIpc) is 3.13. The molecule has 0 aliphatic carbocycles. The third-order valence-electron chi connectivity index (χ3n) is 4.67. The first-order chi connectivity index (χ1) is 14.0. The molecule has 0 fully saturated rings. The average molecular weight is 386 g/mol. The van der Waals surface area contributed by atoms with Gasteiger partial charge in [-0.25, -0.2) is 4.98 Å². The van der Waals surface area contributed by atoms with E-state index in [4.69, 9.17) is 9.15 Å². The summed E-state index contributed by atoms with van der Waals surface area (Å²) in [5.74, 6) is 1.09. The van der Waals surface area contributed by atoms with E-state index >= 15 is 0 Å². The third kappa shape index (κ3) is 3.85. The second-order valence-corrected chi connectivity index (χ2v) is 6.88. The number of oxazole rings is 1. The number of aromatic nitrogens is 1. The van der Waals surface area contributed by atoms with Gasteiger partial charge in [-0.05, 0) is 68.3 Å². The van der Waals surface area contributed by atoms with Crippen molar-refractivity contribution in [2.45, 2.75) is 20.8 Å². The molecule has 0 unspecified atom stereocenters. The molecule has 0 saturated heterocycles. The first-order valence-electron chi connectivity index (χ1n) is 9.52. The molecule has 0 amide bonds. The van der Waals surface area contributed by atoms with E-state index in [0.29, 0.717) is 23.8 Å². The van der Waals surface area contributed by atoms with Gasteiger partial charge in [0, 0.05) is 17.3 Å². The van der Waals surface area contributed by atoms with Crippen molar-refractivity contribution in [1.29, 1.82) is 0 Å². The number of phenolic OH excluding ortho intramolecular Hbond substituents is 1. The zero-order valence-corrected chi connectivity index (χ0v) is 16.6. The molecule has 0 radical (unpaired) electrons. The topological polar surface area (TPSA) is 67.9 Å². The number of hydrogen-bond acceptors (Lipinski definition) is 5. The van der Waals surface area contributed by atoms with E-state index in [1.54, 1.807) is 18.3 Å². The largest absolute Gasteiger partial charge is 0.504 e. The summed E-state index contributed by atoms with van der Waals surface area (Å²) < 4.78 is 11.3. The highest BCUT2D eigenvalue weighted by atomic mass is 16.5. The normalized spacial score (nSPS) is 11.4. The van der Waals surface area contributed by atoms with E-state index < -0.39 is 0 Å². The van der Waals surface area contributed by atoms with Gasteiger partial charge < -0.3 is 14.3 Å². The van der Waals surface area contributed by atoms with Crippen LogP contribution in [-0.4, -0.2) is 22.9 Å². The molecule has 1 heterocycles. The molecule has 1 N–H and O–H groups in total. The first kappa shape index (κ1) is 18.7. The number of aromatic hydroxyl groups is 1. The lowest BCUT2D eigenvalue weighted by molar-refractivity contribution is 0.318. The zero-order valence-electron chi connectivity index (χ0n) is 16.6. The van der Waals surface area contributed by atoms with E-state index in [2.05, 4.69) is 9.98 Å². The molecule has 4 aromatic rings. The molecule has 1 aromatic heterocycles. The Kier molecular flexibility index (Phi) is 5.04. The lowest BCUT2D eigenvalue weighted by Crippen LogP contribution is -1.93. The highest BCUT2D eigenvalue weighted by molar-refractivity contribution is 5.87. The Labute approximate surface area is 169 Å². The maximum atomic E-state index is 10.4. The molecule has 0 atom stereocenters. The maximum absolute atomic E-state index is 10.4. The van der Waals surface area contributed by atoms with Crippen molar-refractivity contribution < 1.29 is 14.3 Å². The molecule has 0 aliphatic heterocycles. The van der Waals surface area contributed by atoms with Crippen LogP contribution >= 0.6 is 0 Å². The molecule has 5 heteroatoms. The third-order valence-corrected chi connectivity index (χ3v) is 4.67. The lowest BCUT2D eigenvalue weighted by Gasteiger charge is -2.07. The Hall–Kier alpha value is -3.60. The number of aliphatic imine (C=N–C) groups is 1. The smallest absolute Gasteiger partial charge is 0.227 e. The summed E-state index contributed by atoms with van der Waals surface area (Å²) in [5, 5.41) is 10.4. The summed E-state index contributed by atoms with van der Waals surface area (Å²) in [7, 11) is 0. The number of phenols is 1. The number of hydrogen-bond donors (Lipinski definition) is 1. The summed E-state index contributed by atoms with van der Waals surface area (Å²) in [5.41, 5.74) is 5.97. The van der Waals surface area contributed by atoms with Crippen LogP contribution in [0, 0.1) is 13.8 Å². The molecule has 146 valence electrons. The van der Waals surface area contributed by atoms with Crippen LogP contribution in [-0.2, 0) is 0 Å². The number of benzene rings is 3. The van der Waals surface area contributed by atoms with Crippen molar-refractivity contribution in [1.82, 2.24) is 4.98 Å². The molecule has 4 rings (SSSR count). The Balaban J connectivity index is 1.68.